The Hall–Kier alpha value is -1.19. The molecular weight excluding hydrogens is 248 g/mol. The van der Waals surface area contributed by atoms with E-state index in [1.54, 1.807) is 0 Å². The maximum Gasteiger partial charge on any atom is 0.176 e. The van der Waals surface area contributed by atoms with Crippen molar-refractivity contribution in [2.75, 3.05) is 39.8 Å². The van der Waals surface area contributed by atoms with E-state index in [9.17, 15) is 4.79 Å². The standard InChI is InChI=1S/C17H26N2O/c1-14-6-7-16(12-15(14)2)17(20)13-18(3)10-11-19-8-4-5-9-19/h6-7,12H,4-5,8-11,13H2,1-3H3. The predicted molar refractivity (Wildman–Crippen MR) is 83.4 cm³/mol. The van der Waals surface area contributed by atoms with Crippen LogP contribution in [-0.4, -0.2) is 55.4 Å². The lowest BCUT2D eigenvalue weighted by Gasteiger charge is -2.20. The van der Waals surface area contributed by atoms with Crippen molar-refractivity contribution < 1.29 is 4.79 Å². The second-order valence-electron chi connectivity index (χ2n) is 6.01. The molecule has 1 aliphatic heterocycles. The molecule has 1 aliphatic rings. The van der Waals surface area contributed by atoms with Gasteiger partial charge in [0.2, 0.25) is 0 Å². The Morgan fingerprint density at radius 1 is 1.20 bits per heavy atom. The minimum Gasteiger partial charge on any atom is -0.302 e. The van der Waals surface area contributed by atoms with Gasteiger partial charge < -0.3 is 4.90 Å². The van der Waals surface area contributed by atoms with Crippen molar-refractivity contribution >= 4 is 5.78 Å². The van der Waals surface area contributed by atoms with Gasteiger partial charge in [0.25, 0.3) is 0 Å². The molecule has 3 nitrogen and oxygen atoms in total. The molecule has 1 fully saturated rings. The van der Waals surface area contributed by atoms with E-state index in [2.05, 4.69) is 23.6 Å². The third-order valence-corrected chi connectivity index (χ3v) is 4.24. The molecular formula is C17H26N2O. The number of Topliss-reactive ketones (excluding diaryl/α,β-unsaturated/α-hetero) is 1. The highest BCUT2D eigenvalue weighted by molar-refractivity contribution is 5.97. The highest BCUT2D eigenvalue weighted by atomic mass is 16.1. The van der Waals surface area contributed by atoms with E-state index >= 15 is 0 Å². The summed E-state index contributed by atoms with van der Waals surface area (Å²) in [4.78, 5) is 16.9. The second kappa shape index (κ2) is 7.00. The summed E-state index contributed by atoms with van der Waals surface area (Å²) in [6, 6.07) is 5.98. The van der Waals surface area contributed by atoms with Crippen LogP contribution in [0.4, 0.5) is 0 Å². The van der Waals surface area contributed by atoms with Gasteiger partial charge in [-0.1, -0.05) is 12.1 Å². The number of aryl methyl sites for hydroxylation is 2. The number of hydrogen-bond donors (Lipinski definition) is 0. The van der Waals surface area contributed by atoms with Gasteiger partial charge in [0.05, 0.1) is 6.54 Å². The zero-order valence-electron chi connectivity index (χ0n) is 13.0. The number of benzene rings is 1. The molecule has 0 N–H and O–H groups in total. The molecule has 0 spiro atoms. The molecule has 0 bridgehead atoms. The monoisotopic (exact) mass is 274 g/mol. The molecule has 1 heterocycles. The van der Waals surface area contributed by atoms with Crippen molar-refractivity contribution in [1.29, 1.82) is 0 Å². The van der Waals surface area contributed by atoms with Crippen molar-refractivity contribution in [2.24, 2.45) is 0 Å². The fourth-order valence-corrected chi connectivity index (χ4v) is 2.65. The van der Waals surface area contributed by atoms with E-state index in [1.165, 1.54) is 37.1 Å². The number of rotatable bonds is 6. The van der Waals surface area contributed by atoms with Crippen LogP contribution < -0.4 is 0 Å². The Morgan fingerprint density at radius 3 is 2.55 bits per heavy atom. The lowest BCUT2D eigenvalue weighted by Crippen LogP contribution is -2.34. The maximum absolute atomic E-state index is 12.3. The number of nitrogens with zero attached hydrogens (tertiary/aromatic N) is 2. The first-order valence-electron chi connectivity index (χ1n) is 7.57. The van der Waals surface area contributed by atoms with Crippen molar-refractivity contribution in [3.8, 4) is 0 Å². The molecule has 1 aromatic carbocycles. The average molecular weight is 274 g/mol. The van der Waals surface area contributed by atoms with E-state index in [4.69, 9.17) is 0 Å². The minimum atomic E-state index is 0.219. The average Bonchev–Trinajstić information content (AvgIpc) is 2.92. The molecule has 0 aliphatic carbocycles. The Kier molecular flexibility index (Phi) is 5.32. The minimum absolute atomic E-state index is 0.219. The second-order valence-corrected chi connectivity index (χ2v) is 6.01. The number of carbonyl (C=O) groups is 1. The number of hydrogen-bond acceptors (Lipinski definition) is 3. The first-order chi connectivity index (χ1) is 9.56. The smallest absolute Gasteiger partial charge is 0.176 e. The summed E-state index contributed by atoms with van der Waals surface area (Å²) >= 11 is 0. The van der Waals surface area contributed by atoms with Crippen molar-refractivity contribution in [3.63, 3.8) is 0 Å². The number of ketones is 1. The van der Waals surface area contributed by atoms with Gasteiger partial charge in [-0.2, -0.15) is 0 Å². The third kappa shape index (κ3) is 4.15. The number of likely N-dealkylation sites (N-methyl/N-ethyl adjacent to an activating group) is 1. The summed E-state index contributed by atoms with van der Waals surface area (Å²) in [6.07, 6.45) is 2.65. The topological polar surface area (TPSA) is 23.6 Å². The normalized spacial score (nSPS) is 16.0. The first-order valence-corrected chi connectivity index (χ1v) is 7.57. The summed E-state index contributed by atoms with van der Waals surface area (Å²) in [5, 5.41) is 0. The molecule has 0 atom stereocenters. The predicted octanol–water partition coefficient (Wildman–Crippen LogP) is 2.51. The Bertz CT molecular complexity index is 464. The van der Waals surface area contributed by atoms with Crippen LogP contribution in [-0.2, 0) is 0 Å². The summed E-state index contributed by atoms with van der Waals surface area (Å²) in [5.41, 5.74) is 3.26. The molecule has 20 heavy (non-hydrogen) atoms. The van der Waals surface area contributed by atoms with Crippen molar-refractivity contribution in [2.45, 2.75) is 26.7 Å². The van der Waals surface area contributed by atoms with E-state index in [1.807, 2.05) is 25.2 Å². The van der Waals surface area contributed by atoms with Crippen LogP contribution in [0.1, 0.15) is 34.3 Å². The fraction of sp³-hybridized carbons (Fsp3) is 0.588. The summed E-state index contributed by atoms with van der Waals surface area (Å²) in [7, 11) is 2.04. The van der Waals surface area contributed by atoms with Crippen LogP contribution in [0.2, 0.25) is 0 Å². The molecule has 0 radical (unpaired) electrons. The van der Waals surface area contributed by atoms with Gasteiger partial charge in [0.1, 0.15) is 0 Å². The molecule has 110 valence electrons. The van der Waals surface area contributed by atoms with Gasteiger partial charge in [-0.15, -0.1) is 0 Å². The Morgan fingerprint density at radius 2 is 1.90 bits per heavy atom. The molecule has 1 aromatic rings. The molecule has 0 aromatic heterocycles. The Balaban J connectivity index is 1.81. The summed E-state index contributed by atoms with van der Waals surface area (Å²) < 4.78 is 0. The van der Waals surface area contributed by atoms with Gasteiger partial charge in [-0.3, -0.25) is 9.69 Å². The quantitative estimate of drug-likeness (QED) is 0.745. The molecule has 1 saturated heterocycles. The zero-order valence-corrected chi connectivity index (χ0v) is 13.0. The van der Waals surface area contributed by atoms with E-state index in [-0.39, 0.29) is 5.78 Å². The lowest BCUT2D eigenvalue weighted by atomic mass is 10.0. The Labute approximate surface area is 122 Å². The van der Waals surface area contributed by atoms with Crippen LogP contribution >= 0.6 is 0 Å². The molecule has 0 amide bonds. The molecule has 3 heteroatoms. The molecule has 0 saturated carbocycles. The third-order valence-electron chi connectivity index (χ3n) is 4.24. The van der Waals surface area contributed by atoms with Gasteiger partial charge in [-0.05, 0) is 64.0 Å². The van der Waals surface area contributed by atoms with Crippen LogP contribution in [0, 0.1) is 13.8 Å². The molecule has 0 unspecified atom stereocenters. The van der Waals surface area contributed by atoms with Crippen LogP contribution in [0.5, 0.6) is 0 Å². The van der Waals surface area contributed by atoms with Crippen LogP contribution in [0.15, 0.2) is 18.2 Å². The number of likely N-dealkylation sites (tertiary alicyclic amines) is 1. The van der Waals surface area contributed by atoms with Gasteiger partial charge >= 0.3 is 0 Å². The van der Waals surface area contributed by atoms with E-state index < -0.39 is 0 Å². The van der Waals surface area contributed by atoms with Crippen molar-refractivity contribution in [3.05, 3.63) is 34.9 Å². The highest BCUT2D eigenvalue weighted by Crippen LogP contribution is 2.11. The molecule has 2 rings (SSSR count). The highest BCUT2D eigenvalue weighted by Gasteiger charge is 2.14. The SMILES string of the molecule is Cc1ccc(C(=O)CN(C)CCN2CCCC2)cc1C. The van der Waals surface area contributed by atoms with E-state index in [0.29, 0.717) is 6.54 Å². The van der Waals surface area contributed by atoms with Crippen LogP contribution in [0.25, 0.3) is 0 Å². The summed E-state index contributed by atoms with van der Waals surface area (Å²) in [5.74, 6) is 0.219. The number of carbonyl (C=O) groups excluding carboxylic acids is 1. The van der Waals surface area contributed by atoms with Gasteiger partial charge in [0, 0.05) is 18.7 Å². The van der Waals surface area contributed by atoms with Crippen LogP contribution in [0.3, 0.4) is 0 Å². The van der Waals surface area contributed by atoms with Gasteiger partial charge in [-0.25, -0.2) is 0 Å². The van der Waals surface area contributed by atoms with Gasteiger partial charge in [0.15, 0.2) is 5.78 Å². The van der Waals surface area contributed by atoms with E-state index in [0.717, 1.165) is 18.7 Å². The van der Waals surface area contributed by atoms with Crippen molar-refractivity contribution in [1.82, 2.24) is 9.80 Å². The lowest BCUT2D eigenvalue weighted by molar-refractivity contribution is 0.0941. The largest absolute Gasteiger partial charge is 0.302 e. The fourth-order valence-electron chi connectivity index (χ4n) is 2.65. The first kappa shape index (κ1) is 15.2. The maximum atomic E-state index is 12.3. The zero-order chi connectivity index (χ0) is 14.5. The summed E-state index contributed by atoms with van der Waals surface area (Å²) in [6.45, 7) is 9.14.